The van der Waals surface area contributed by atoms with Crippen LogP contribution in [0.1, 0.15) is 5.56 Å². The fourth-order valence-corrected chi connectivity index (χ4v) is 3.38. The van der Waals surface area contributed by atoms with E-state index in [-0.39, 0.29) is 0 Å². The average molecular weight is 469 g/mol. The monoisotopic (exact) mass is 468 g/mol. The summed E-state index contributed by atoms with van der Waals surface area (Å²) in [6.07, 6.45) is -3.81. The van der Waals surface area contributed by atoms with Gasteiger partial charge in [0.25, 0.3) is 0 Å². The third-order valence-electron chi connectivity index (χ3n) is 4.91. The molecule has 4 rings (SSSR count). The van der Waals surface area contributed by atoms with E-state index in [4.69, 9.17) is 16.3 Å². The van der Waals surface area contributed by atoms with Crippen LogP contribution < -0.4 is 4.74 Å². The van der Waals surface area contributed by atoms with Crippen molar-refractivity contribution in [3.8, 4) is 11.4 Å². The van der Waals surface area contributed by atoms with Crippen molar-refractivity contribution in [2.75, 3.05) is 6.61 Å². The Hall–Kier alpha value is -3.17. The number of aliphatic hydroxyl groups is 1. The first-order valence-electron chi connectivity index (χ1n) is 9.20. The maximum absolute atomic E-state index is 13.9. The van der Waals surface area contributed by atoms with Crippen LogP contribution in [0.25, 0.3) is 16.6 Å². The zero-order valence-electron chi connectivity index (χ0n) is 16.1. The van der Waals surface area contributed by atoms with Gasteiger partial charge in [-0.3, -0.25) is 0 Å². The molecule has 0 aliphatic carbocycles. The van der Waals surface area contributed by atoms with E-state index in [1.54, 1.807) is 24.3 Å². The number of hydrogen-bond donors (Lipinski definition) is 1. The van der Waals surface area contributed by atoms with Gasteiger partial charge in [-0.1, -0.05) is 35.9 Å². The van der Waals surface area contributed by atoms with Crippen LogP contribution in [-0.2, 0) is 5.60 Å². The summed E-state index contributed by atoms with van der Waals surface area (Å²) in [5.74, 6) is -2.95. The predicted octanol–water partition coefficient (Wildman–Crippen LogP) is 5.79. The molecule has 10 heteroatoms. The van der Waals surface area contributed by atoms with Gasteiger partial charge >= 0.3 is 6.18 Å². The molecular weight excluding hydrogens is 455 g/mol. The predicted molar refractivity (Wildman–Crippen MR) is 108 cm³/mol. The molecule has 0 spiro atoms. The van der Waals surface area contributed by atoms with E-state index in [2.05, 4.69) is 5.10 Å². The van der Waals surface area contributed by atoms with Crippen LogP contribution in [-0.4, -0.2) is 27.7 Å². The van der Waals surface area contributed by atoms with Gasteiger partial charge in [-0.15, -0.1) is 0 Å². The fraction of sp³-hybridized carbons (Fsp3) is 0.136. The number of rotatable bonds is 5. The molecule has 3 aromatic carbocycles. The molecule has 1 unspecified atom stereocenters. The van der Waals surface area contributed by atoms with Gasteiger partial charge in [-0.2, -0.15) is 18.3 Å². The molecule has 0 amide bonds. The smallest absolute Gasteiger partial charge is 0.424 e. The lowest BCUT2D eigenvalue weighted by Gasteiger charge is -2.31. The number of nitrogens with zero attached hydrogens (tertiary/aromatic N) is 2. The molecule has 0 radical (unpaired) electrons. The minimum atomic E-state index is -5.17. The molecule has 32 heavy (non-hydrogen) atoms. The van der Waals surface area contributed by atoms with Gasteiger partial charge in [0.2, 0.25) is 5.60 Å². The Morgan fingerprint density at radius 2 is 1.72 bits per heavy atom. The molecular formula is C22H14ClF5N2O2. The normalized spacial score (nSPS) is 13.8. The van der Waals surface area contributed by atoms with Crippen molar-refractivity contribution >= 4 is 22.5 Å². The summed E-state index contributed by atoms with van der Waals surface area (Å²) in [6, 6.07) is 13.7. The van der Waals surface area contributed by atoms with Gasteiger partial charge in [0.15, 0.2) is 0 Å². The number of alkyl halides is 3. The summed E-state index contributed by atoms with van der Waals surface area (Å²) < 4.78 is 75.2. The van der Waals surface area contributed by atoms with Crippen molar-refractivity contribution in [1.29, 1.82) is 0 Å². The molecule has 0 aliphatic rings. The van der Waals surface area contributed by atoms with Crippen LogP contribution in [0.3, 0.4) is 0 Å². The number of para-hydroxylation sites is 1. The van der Waals surface area contributed by atoms with Gasteiger partial charge in [0.05, 0.1) is 17.4 Å². The Kier molecular flexibility index (Phi) is 5.56. The van der Waals surface area contributed by atoms with E-state index in [1.807, 2.05) is 6.07 Å². The average Bonchev–Trinajstić information content (AvgIpc) is 3.18. The van der Waals surface area contributed by atoms with E-state index in [0.717, 1.165) is 12.1 Å². The van der Waals surface area contributed by atoms with Gasteiger partial charge in [0, 0.05) is 17.5 Å². The molecule has 1 heterocycles. The SMILES string of the molecule is OC(COc1cc(F)cc(F)c1Cl)(c1ccc2c(cnn2-c2ccccc2)c1)C(F)(F)F. The summed E-state index contributed by atoms with van der Waals surface area (Å²) >= 11 is 5.65. The van der Waals surface area contributed by atoms with E-state index in [1.165, 1.54) is 16.9 Å². The molecule has 1 aromatic heterocycles. The van der Waals surface area contributed by atoms with Gasteiger partial charge in [-0.05, 0) is 29.8 Å². The van der Waals surface area contributed by atoms with E-state index >= 15 is 0 Å². The molecule has 0 aliphatic heterocycles. The molecule has 0 bridgehead atoms. The second kappa shape index (κ2) is 8.07. The van der Waals surface area contributed by atoms with Crippen molar-refractivity contribution < 1.29 is 31.8 Å². The van der Waals surface area contributed by atoms with Crippen molar-refractivity contribution in [1.82, 2.24) is 9.78 Å². The Morgan fingerprint density at radius 1 is 1.00 bits per heavy atom. The lowest BCUT2D eigenvalue weighted by atomic mass is 9.93. The van der Waals surface area contributed by atoms with E-state index < -0.39 is 46.4 Å². The standard InChI is InChI=1S/C22H14ClF5N2O2/c23-20-17(25)9-15(24)10-19(20)32-12-21(31,22(26,27)28)14-6-7-18-13(8-14)11-29-30(18)16-4-2-1-3-5-16/h1-11,31H,12H2. The first-order valence-corrected chi connectivity index (χ1v) is 9.58. The van der Waals surface area contributed by atoms with Crippen LogP contribution in [0.5, 0.6) is 5.75 Å². The Morgan fingerprint density at radius 3 is 2.41 bits per heavy atom. The maximum Gasteiger partial charge on any atom is 0.424 e. The summed E-state index contributed by atoms with van der Waals surface area (Å²) in [7, 11) is 0. The zero-order valence-corrected chi connectivity index (χ0v) is 16.8. The first kappa shape index (κ1) is 22.0. The minimum Gasteiger partial charge on any atom is -0.488 e. The Labute approximate surface area is 183 Å². The second-order valence-electron chi connectivity index (χ2n) is 7.01. The maximum atomic E-state index is 13.9. The minimum absolute atomic E-state index is 0.337. The highest BCUT2D eigenvalue weighted by atomic mass is 35.5. The number of halogens is 6. The fourth-order valence-electron chi connectivity index (χ4n) is 3.21. The quantitative estimate of drug-likeness (QED) is 0.298. The Bertz CT molecular complexity index is 1280. The first-order chi connectivity index (χ1) is 15.1. The van der Waals surface area contributed by atoms with Crippen molar-refractivity contribution in [3.05, 3.63) is 89.1 Å². The highest BCUT2D eigenvalue weighted by Gasteiger charge is 2.56. The number of ether oxygens (including phenoxy) is 1. The van der Waals surface area contributed by atoms with E-state index in [0.29, 0.717) is 28.7 Å². The zero-order chi connectivity index (χ0) is 23.1. The number of fused-ring (bicyclic) bond motifs is 1. The molecule has 0 fully saturated rings. The van der Waals surface area contributed by atoms with Crippen molar-refractivity contribution in [2.45, 2.75) is 11.8 Å². The van der Waals surface area contributed by atoms with Gasteiger partial charge in [0.1, 0.15) is 29.0 Å². The molecule has 0 saturated carbocycles. The van der Waals surface area contributed by atoms with Crippen LogP contribution >= 0.6 is 11.6 Å². The topological polar surface area (TPSA) is 47.3 Å². The number of aromatic nitrogens is 2. The highest BCUT2D eigenvalue weighted by molar-refractivity contribution is 6.32. The molecule has 4 nitrogen and oxygen atoms in total. The number of benzene rings is 3. The van der Waals surface area contributed by atoms with E-state index in [9.17, 15) is 27.1 Å². The van der Waals surface area contributed by atoms with Crippen LogP contribution in [0, 0.1) is 11.6 Å². The lowest BCUT2D eigenvalue weighted by Crippen LogP contribution is -2.47. The number of hydrogen-bond acceptors (Lipinski definition) is 3. The lowest BCUT2D eigenvalue weighted by molar-refractivity contribution is -0.275. The molecule has 1 atom stereocenters. The van der Waals surface area contributed by atoms with Crippen LogP contribution in [0.2, 0.25) is 5.02 Å². The van der Waals surface area contributed by atoms with Crippen LogP contribution in [0.4, 0.5) is 22.0 Å². The van der Waals surface area contributed by atoms with Crippen molar-refractivity contribution in [2.24, 2.45) is 0 Å². The molecule has 166 valence electrons. The molecule has 1 N–H and O–H groups in total. The highest BCUT2D eigenvalue weighted by Crippen LogP contribution is 2.41. The largest absolute Gasteiger partial charge is 0.488 e. The van der Waals surface area contributed by atoms with Gasteiger partial charge in [-0.25, -0.2) is 13.5 Å². The van der Waals surface area contributed by atoms with Crippen LogP contribution in [0.15, 0.2) is 66.9 Å². The molecule has 0 saturated heterocycles. The summed E-state index contributed by atoms with van der Waals surface area (Å²) in [6.45, 7) is -1.38. The summed E-state index contributed by atoms with van der Waals surface area (Å²) in [5, 5.41) is 14.4. The second-order valence-corrected chi connectivity index (χ2v) is 7.39. The van der Waals surface area contributed by atoms with Gasteiger partial charge < -0.3 is 9.84 Å². The molecule has 4 aromatic rings. The third-order valence-corrected chi connectivity index (χ3v) is 5.28. The summed E-state index contributed by atoms with van der Waals surface area (Å²) in [4.78, 5) is 0. The third kappa shape index (κ3) is 3.89. The Balaban J connectivity index is 1.72. The van der Waals surface area contributed by atoms with Crippen molar-refractivity contribution in [3.63, 3.8) is 0 Å². The summed E-state index contributed by atoms with van der Waals surface area (Å²) in [5.41, 5.74) is -2.80.